The van der Waals surface area contributed by atoms with E-state index in [1.54, 1.807) is 0 Å². The number of anilines is 12. The number of rotatable bonds is 12. The number of benzene rings is 13. The molecule has 0 spiro atoms. The molecule has 350 valence electrons. The van der Waals surface area contributed by atoms with Crippen LogP contribution in [0.1, 0.15) is 0 Å². The first-order valence-electron chi connectivity index (χ1n) is 25.3. The van der Waals surface area contributed by atoms with Crippen LogP contribution in [0.2, 0.25) is 0 Å². The Balaban J connectivity index is 1.34. The second-order valence-electron chi connectivity index (χ2n) is 18.6. The van der Waals surface area contributed by atoms with Crippen LogP contribution in [0.5, 0.6) is 0 Å². The second-order valence-corrected chi connectivity index (χ2v) is 18.6. The fourth-order valence-corrected chi connectivity index (χ4v) is 10.7. The summed E-state index contributed by atoms with van der Waals surface area (Å²) in [6.07, 6.45) is 0. The van der Waals surface area contributed by atoms with Gasteiger partial charge in [0.2, 0.25) is 0 Å². The molecule has 0 fully saturated rings. The van der Waals surface area contributed by atoms with Gasteiger partial charge in [0.05, 0.1) is 22.7 Å². The highest BCUT2D eigenvalue weighted by atomic mass is 15.3. The predicted molar refractivity (Wildman–Crippen MR) is 315 cm³/mol. The van der Waals surface area contributed by atoms with E-state index in [4.69, 9.17) is 0 Å². The third-order valence-electron chi connectivity index (χ3n) is 14.0. The smallest absolute Gasteiger partial charge is 0.0975 e. The van der Waals surface area contributed by atoms with Crippen molar-refractivity contribution in [3.8, 4) is 0 Å². The molecule has 74 heavy (non-hydrogen) atoms. The molecule has 0 saturated carbocycles. The number of hydrogen-bond acceptors (Lipinski definition) is 4. The SMILES string of the molecule is c1ccc(N(c2ccccc2)c2c(N(c3ccccc3)c3ccccc3)c(N(c3ccccc3)c3ccccc3)c3cc4cc5cc6ccccc6cc5cc4cc3c2N(c2ccccc2)c2ccccc2)cc1. The Kier molecular flexibility index (Phi) is 11.5. The number of nitrogens with zero attached hydrogens (tertiary/aromatic N) is 4. The van der Waals surface area contributed by atoms with Gasteiger partial charge >= 0.3 is 0 Å². The molecule has 13 aromatic carbocycles. The van der Waals surface area contributed by atoms with Gasteiger partial charge in [-0.2, -0.15) is 0 Å². The largest absolute Gasteiger partial charge is 0.308 e. The molecule has 0 unspecified atom stereocenters. The summed E-state index contributed by atoms with van der Waals surface area (Å²) in [5.41, 5.74) is 12.2. The van der Waals surface area contributed by atoms with Crippen LogP contribution in [0.25, 0.3) is 43.1 Å². The predicted octanol–water partition coefficient (Wildman–Crippen LogP) is 20.2. The fourth-order valence-electron chi connectivity index (χ4n) is 10.7. The summed E-state index contributed by atoms with van der Waals surface area (Å²) in [6.45, 7) is 0. The van der Waals surface area contributed by atoms with E-state index in [0.717, 1.165) is 89.8 Å². The van der Waals surface area contributed by atoms with Gasteiger partial charge < -0.3 is 19.6 Å². The maximum atomic E-state index is 2.48. The molecule has 0 aromatic heterocycles. The molecule has 0 radical (unpaired) electrons. The zero-order valence-corrected chi connectivity index (χ0v) is 40.7. The van der Waals surface area contributed by atoms with E-state index in [-0.39, 0.29) is 0 Å². The van der Waals surface area contributed by atoms with Gasteiger partial charge in [-0.1, -0.05) is 170 Å². The average Bonchev–Trinajstić information content (AvgIpc) is 3.48. The molecule has 0 aliphatic rings. The highest BCUT2D eigenvalue weighted by molar-refractivity contribution is 6.24. The van der Waals surface area contributed by atoms with Crippen LogP contribution in [-0.2, 0) is 0 Å². The lowest BCUT2D eigenvalue weighted by atomic mass is 9.92. The number of fused-ring (bicyclic) bond motifs is 4. The van der Waals surface area contributed by atoms with Gasteiger partial charge in [0.25, 0.3) is 0 Å². The van der Waals surface area contributed by atoms with E-state index in [0.29, 0.717) is 0 Å². The first-order valence-corrected chi connectivity index (χ1v) is 25.3. The summed E-state index contributed by atoms with van der Waals surface area (Å²) in [5, 5.41) is 9.28. The molecule has 13 rings (SSSR count). The van der Waals surface area contributed by atoms with Gasteiger partial charge in [-0.15, -0.1) is 0 Å². The molecule has 0 amide bonds. The van der Waals surface area contributed by atoms with Gasteiger partial charge in [0.1, 0.15) is 0 Å². The lowest BCUT2D eigenvalue weighted by molar-refractivity contribution is 1.19. The molecular weight excluding hydrogens is 897 g/mol. The maximum absolute atomic E-state index is 2.48. The molecule has 0 aliphatic carbocycles. The van der Waals surface area contributed by atoms with Crippen LogP contribution in [-0.4, -0.2) is 0 Å². The Bertz CT molecular complexity index is 3620. The molecule has 13 aromatic rings. The summed E-state index contributed by atoms with van der Waals surface area (Å²) >= 11 is 0. The summed E-state index contributed by atoms with van der Waals surface area (Å²) < 4.78 is 0. The van der Waals surface area contributed by atoms with Crippen molar-refractivity contribution >= 4 is 111 Å². The average molecular weight is 947 g/mol. The summed E-state index contributed by atoms with van der Waals surface area (Å²) in [4.78, 5) is 9.92. The highest BCUT2D eigenvalue weighted by Crippen LogP contribution is 2.62. The minimum absolute atomic E-state index is 0.980. The molecular formula is C70H50N4. The van der Waals surface area contributed by atoms with Gasteiger partial charge in [0.15, 0.2) is 0 Å². The summed E-state index contributed by atoms with van der Waals surface area (Å²) in [5.74, 6) is 0. The monoisotopic (exact) mass is 946 g/mol. The van der Waals surface area contributed by atoms with Crippen molar-refractivity contribution in [2.45, 2.75) is 0 Å². The summed E-state index contributed by atoms with van der Waals surface area (Å²) in [7, 11) is 0. The Morgan fingerprint density at radius 1 is 0.149 bits per heavy atom. The van der Waals surface area contributed by atoms with Crippen molar-refractivity contribution in [1.29, 1.82) is 0 Å². The fraction of sp³-hybridized carbons (Fsp3) is 0. The van der Waals surface area contributed by atoms with Crippen molar-refractivity contribution in [2.75, 3.05) is 19.6 Å². The van der Waals surface area contributed by atoms with Crippen LogP contribution in [0.15, 0.2) is 303 Å². The van der Waals surface area contributed by atoms with Gasteiger partial charge in [0, 0.05) is 56.3 Å². The highest BCUT2D eigenvalue weighted by Gasteiger charge is 2.36. The van der Waals surface area contributed by atoms with Crippen LogP contribution in [0, 0.1) is 0 Å². The molecule has 0 bridgehead atoms. The Labute approximate surface area is 432 Å². The van der Waals surface area contributed by atoms with E-state index in [1.807, 2.05) is 0 Å². The normalized spacial score (nSPS) is 11.2. The third-order valence-corrected chi connectivity index (χ3v) is 14.0. The van der Waals surface area contributed by atoms with Gasteiger partial charge in [-0.05, 0) is 166 Å². The maximum Gasteiger partial charge on any atom is 0.0975 e. The lowest BCUT2D eigenvalue weighted by Crippen LogP contribution is -2.24. The van der Waals surface area contributed by atoms with Crippen molar-refractivity contribution in [2.24, 2.45) is 0 Å². The first-order chi connectivity index (χ1) is 36.7. The van der Waals surface area contributed by atoms with Gasteiger partial charge in [-0.3, -0.25) is 0 Å². The van der Waals surface area contributed by atoms with E-state index < -0.39 is 0 Å². The van der Waals surface area contributed by atoms with E-state index in [1.165, 1.54) is 21.5 Å². The molecule has 0 aliphatic heterocycles. The van der Waals surface area contributed by atoms with E-state index >= 15 is 0 Å². The Morgan fingerprint density at radius 2 is 0.324 bits per heavy atom. The zero-order chi connectivity index (χ0) is 49.2. The second kappa shape index (κ2) is 19.4. The van der Waals surface area contributed by atoms with Crippen LogP contribution in [0.3, 0.4) is 0 Å². The van der Waals surface area contributed by atoms with E-state index in [2.05, 4.69) is 323 Å². The lowest BCUT2D eigenvalue weighted by Gasteiger charge is -2.42. The molecule has 0 saturated heterocycles. The van der Waals surface area contributed by atoms with Crippen LogP contribution >= 0.6 is 0 Å². The van der Waals surface area contributed by atoms with Crippen molar-refractivity contribution in [3.05, 3.63) is 303 Å². The quantitative estimate of drug-likeness (QED) is 0.113. The molecule has 4 nitrogen and oxygen atoms in total. The van der Waals surface area contributed by atoms with Gasteiger partial charge in [-0.25, -0.2) is 0 Å². The van der Waals surface area contributed by atoms with Crippen LogP contribution in [0.4, 0.5) is 68.2 Å². The molecule has 0 heterocycles. The minimum Gasteiger partial charge on any atom is -0.308 e. The standard InChI is InChI=1S/C70H50N4/c1-9-29-57(30-10-1)71(58-31-11-2-12-32-58)67-65-49-55-47-53-45-51-27-25-26-28-52(51)46-54(53)48-56(55)50-66(65)68(72(59-33-13-3-14-34-59)60-35-15-4-16-36-60)70(74(63-41-21-7-22-42-63)64-43-23-8-24-44-64)69(67)73(61-37-17-5-18-38-61)62-39-19-6-20-40-62/h1-50H. The topological polar surface area (TPSA) is 13.0 Å². The zero-order valence-electron chi connectivity index (χ0n) is 40.7. The Morgan fingerprint density at radius 3 is 0.554 bits per heavy atom. The third kappa shape index (κ3) is 8.11. The number of hydrogen-bond donors (Lipinski definition) is 0. The van der Waals surface area contributed by atoms with Crippen molar-refractivity contribution in [3.63, 3.8) is 0 Å². The molecule has 4 heteroatoms. The Hall–Kier alpha value is -9.90. The van der Waals surface area contributed by atoms with Crippen molar-refractivity contribution in [1.82, 2.24) is 0 Å². The molecule has 0 N–H and O–H groups in total. The first kappa shape index (κ1) is 44.1. The van der Waals surface area contributed by atoms with Crippen molar-refractivity contribution < 1.29 is 0 Å². The number of para-hydroxylation sites is 8. The molecule has 0 atom stereocenters. The summed E-state index contributed by atoms with van der Waals surface area (Å²) in [6, 6.07) is 110. The minimum atomic E-state index is 0.980. The van der Waals surface area contributed by atoms with Crippen LogP contribution < -0.4 is 19.6 Å². The van der Waals surface area contributed by atoms with E-state index in [9.17, 15) is 0 Å².